The quantitative estimate of drug-likeness (QED) is 0.195. The van der Waals surface area contributed by atoms with Crippen LogP contribution >= 0.6 is 0 Å². The van der Waals surface area contributed by atoms with E-state index < -0.39 is 41.7 Å². The first kappa shape index (κ1) is 30.6. The van der Waals surface area contributed by atoms with Gasteiger partial charge in [0.2, 0.25) is 0 Å². The molecule has 0 radical (unpaired) electrons. The molecular formula is C27H33N3O9. The molecule has 0 aliphatic carbocycles. The molecule has 210 valence electrons. The second-order valence-electron chi connectivity index (χ2n) is 9.58. The molecule has 39 heavy (non-hydrogen) atoms. The van der Waals surface area contributed by atoms with Gasteiger partial charge in [-0.1, -0.05) is 30.3 Å². The van der Waals surface area contributed by atoms with Gasteiger partial charge in [0.25, 0.3) is 0 Å². The lowest BCUT2D eigenvalue weighted by Crippen LogP contribution is -2.45. The maximum Gasteiger partial charge on any atom is 0.407 e. The van der Waals surface area contributed by atoms with Crippen LogP contribution in [0.15, 0.2) is 48.5 Å². The number of unbranched alkanes of at least 4 members (excludes halogenated alkanes) is 1. The van der Waals surface area contributed by atoms with Gasteiger partial charge in [-0.15, -0.1) is 0 Å². The van der Waals surface area contributed by atoms with E-state index in [1.807, 2.05) is 30.3 Å². The highest BCUT2D eigenvalue weighted by atomic mass is 16.6. The molecular weight excluding hydrogens is 510 g/mol. The monoisotopic (exact) mass is 543 g/mol. The SMILES string of the molecule is CC(C)(C)OC(=O)C(CCCCNC(=O)OCc1ccccc1)NC(=O)Nc1cc(C(=O)O)cc(C(=O)O)c1. The topological polar surface area (TPSA) is 180 Å². The zero-order chi connectivity index (χ0) is 29.0. The van der Waals surface area contributed by atoms with Crippen LogP contribution in [0, 0.1) is 0 Å². The third-order valence-electron chi connectivity index (χ3n) is 5.08. The van der Waals surface area contributed by atoms with Crippen molar-refractivity contribution in [2.24, 2.45) is 0 Å². The molecule has 1 unspecified atom stereocenters. The van der Waals surface area contributed by atoms with E-state index in [1.54, 1.807) is 20.8 Å². The van der Waals surface area contributed by atoms with Gasteiger partial charge in [-0.3, -0.25) is 0 Å². The molecule has 0 spiro atoms. The van der Waals surface area contributed by atoms with E-state index >= 15 is 0 Å². The minimum atomic E-state index is -1.37. The van der Waals surface area contributed by atoms with Crippen molar-refractivity contribution in [3.05, 3.63) is 65.2 Å². The summed E-state index contributed by atoms with van der Waals surface area (Å²) in [6, 6.07) is 10.4. The molecule has 3 amide bonds. The first-order valence-corrected chi connectivity index (χ1v) is 12.2. The van der Waals surface area contributed by atoms with Crippen LogP contribution in [0.1, 0.15) is 66.3 Å². The van der Waals surface area contributed by atoms with Crippen molar-refractivity contribution in [1.29, 1.82) is 0 Å². The zero-order valence-corrected chi connectivity index (χ0v) is 22.0. The van der Waals surface area contributed by atoms with Crippen LogP contribution in [0.4, 0.5) is 15.3 Å². The highest BCUT2D eigenvalue weighted by Crippen LogP contribution is 2.16. The third-order valence-corrected chi connectivity index (χ3v) is 5.08. The largest absolute Gasteiger partial charge is 0.478 e. The number of carboxylic acid groups (broad SMARTS) is 2. The fourth-order valence-corrected chi connectivity index (χ4v) is 3.33. The summed E-state index contributed by atoms with van der Waals surface area (Å²) >= 11 is 0. The van der Waals surface area contributed by atoms with Gasteiger partial charge in [0.15, 0.2) is 0 Å². The number of ether oxygens (including phenoxy) is 2. The highest BCUT2D eigenvalue weighted by Gasteiger charge is 2.26. The fraction of sp³-hybridized carbons (Fsp3) is 0.370. The average Bonchev–Trinajstić information content (AvgIpc) is 2.85. The number of nitrogens with one attached hydrogen (secondary N) is 3. The maximum absolute atomic E-state index is 12.7. The summed E-state index contributed by atoms with van der Waals surface area (Å²) < 4.78 is 10.5. The molecule has 5 N–H and O–H groups in total. The van der Waals surface area contributed by atoms with Crippen LogP contribution in [0.5, 0.6) is 0 Å². The number of urea groups is 1. The Morgan fingerprint density at radius 2 is 1.51 bits per heavy atom. The summed E-state index contributed by atoms with van der Waals surface area (Å²) in [6.07, 6.45) is 0.509. The predicted octanol–water partition coefficient (Wildman–Crippen LogP) is 4.01. The minimum absolute atomic E-state index is 0.0778. The molecule has 0 aliphatic heterocycles. The van der Waals surface area contributed by atoms with Crippen LogP contribution in [0.3, 0.4) is 0 Å². The molecule has 0 aliphatic rings. The van der Waals surface area contributed by atoms with E-state index in [9.17, 15) is 34.2 Å². The van der Waals surface area contributed by atoms with E-state index in [2.05, 4.69) is 16.0 Å². The number of carbonyl (C=O) groups excluding carboxylic acids is 3. The molecule has 0 bridgehead atoms. The Morgan fingerprint density at radius 1 is 0.897 bits per heavy atom. The van der Waals surface area contributed by atoms with E-state index in [1.165, 1.54) is 0 Å². The average molecular weight is 544 g/mol. The van der Waals surface area contributed by atoms with E-state index in [-0.39, 0.29) is 36.4 Å². The molecule has 2 rings (SSSR count). The summed E-state index contributed by atoms with van der Waals surface area (Å²) in [6.45, 7) is 5.45. The number of carboxylic acids is 2. The molecule has 12 heteroatoms. The Kier molecular flexibility index (Phi) is 11.3. The minimum Gasteiger partial charge on any atom is -0.478 e. The summed E-state index contributed by atoms with van der Waals surface area (Å²) in [5.41, 5.74) is -0.701. The maximum atomic E-state index is 12.7. The van der Waals surface area contributed by atoms with Crippen molar-refractivity contribution in [2.45, 2.75) is 58.3 Å². The number of hydrogen-bond acceptors (Lipinski definition) is 7. The first-order chi connectivity index (χ1) is 18.3. The zero-order valence-electron chi connectivity index (χ0n) is 22.0. The van der Waals surface area contributed by atoms with Gasteiger partial charge in [-0.25, -0.2) is 24.0 Å². The molecule has 2 aromatic rings. The van der Waals surface area contributed by atoms with E-state index in [4.69, 9.17) is 9.47 Å². The van der Waals surface area contributed by atoms with Gasteiger partial charge in [-0.05, 0) is 63.8 Å². The van der Waals surface area contributed by atoms with Gasteiger partial charge in [-0.2, -0.15) is 0 Å². The molecule has 0 saturated carbocycles. The summed E-state index contributed by atoms with van der Waals surface area (Å²) in [7, 11) is 0. The second-order valence-corrected chi connectivity index (χ2v) is 9.58. The summed E-state index contributed by atoms with van der Waals surface area (Å²) in [4.78, 5) is 59.8. The molecule has 0 aromatic heterocycles. The Bertz CT molecular complexity index is 1140. The normalized spacial score (nSPS) is 11.6. The van der Waals surface area contributed by atoms with Crippen LogP contribution in [0.2, 0.25) is 0 Å². The van der Waals surface area contributed by atoms with Crippen molar-refractivity contribution in [1.82, 2.24) is 10.6 Å². The summed E-state index contributed by atoms with van der Waals surface area (Å²) in [5, 5.41) is 25.9. The Hall–Kier alpha value is -4.61. The van der Waals surface area contributed by atoms with Crippen LogP contribution in [-0.4, -0.2) is 58.4 Å². The van der Waals surface area contributed by atoms with Crippen molar-refractivity contribution in [3.63, 3.8) is 0 Å². The standard InChI is InChI=1S/C27H33N3O9/c1-27(2,3)39-24(35)21(11-7-8-12-28-26(37)38-16-17-9-5-4-6-10-17)30-25(36)29-20-14-18(22(31)32)13-19(15-20)23(33)34/h4-6,9-10,13-15,21H,7-8,11-12,16H2,1-3H3,(H,28,37)(H,31,32)(H,33,34)(H2,29,30,36). The molecule has 0 heterocycles. The Labute approximate surface area is 225 Å². The van der Waals surface area contributed by atoms with E-state index in [0.29, 0.717) is 12.8 Å². The number of hydrogen-bond donors (Lipinski definition) is 5. The number of anilines is 1. The number of aromatic carboxylic acids is 2. The lowest BCUT2D eigenvalue weighted by Gasteiger charge is -2.24. The highest BCUT2D eigenvalue weighted by molar-refractivity contribution is 5.98. The summed E-state index contributed by atoms with van der Waals surface area (Å²) in [5.74, 6) is -3.42. The molecule has 12 nitrogen and oxygen atoms in total. The molecule has 0 saturated heterocycles. The number of esters is 1. The van der Waals surface area contributed by atoms with Crippen molar-refractivity contribution >= 4 is 35.7 Å². The van der Waals surface area contributed by atoms with E-state index in [0.717, 1.165) is 23.8 Å². The number of amides is 3. The molecule has 0 fully saturated rings. The van der Waals surface area contributed by atoms with Gasteiger partial charge >= 0.3 is 30.0 Å². The molecule has 1 atom stereocenters. The van der Waals surface area contributed by atoms with Crippen LogP contribution < -0.4 is 16.0 Å². The Morgan fingerprint density at radius 3 is 2.08 bits per heavy atom. The van der Waals surface area contributed by atoms with Gasteiger partial charge in [0.1, 0.15) is 18.2 Å². The first-order valence-electron chi connectivity index (χ1n) is 12.2. The lowest BCUT2D eigenvalue weighted by molar-refractivity contribution is -0.157. The second kappa shape index (κ2) is 14.4. The van der Waals surface area contributed by atoms with Gasteiger partial charge < -0.3 is 35.6 Å². The van der Waals surface area contributed by atoms with Gasteiger partial charge in [0.05, 0.1) is 11.1 Å². The van der Waals surface area contributed by atoms with Crippen molar-refractivity contribution in [2.75, 3.05) is 11.9 Å². The molecule has 2 aromatic carbocycles. The van der Waals surface area contributed by atoms with Crippen LogP contribution in [-0.2, 0) is 20.9 Å². The van der Waals surface area contributed by atoms with Crippen molar-refractivity contribution < 1.29 is 43.7 Å². The number of alkyl carbamates (subject to hydrolysis) is 1. The lowest BCUT2D eigenvalue weighted by atomic mass is 10.1. The predicted molar refractivity (Wildman–Crippen MR) is 141 cm³/mol. The van der Waals surface area contributed by atoms with Crippen LogP contribution in [0.25, 0.3) is 0 Å². The number of benzene rings is 2. The number of rotatable bonds is 12. The smallest absolute Gasteiger partial charge is 0.407 e. The fourth-order valence-electron chi connectivity index (χ4n) is 3.33. The number of carbonyl (C=O) groups is 5. The van der Waals surface area contributed by atoms with Crippen molar-refractivity contribution in [3.8, 4) is 0 Å². The third kappa shape index (κ3) is 11.5. The Balaban J connectivity index is 1.92. The van der Waals surface area contributed by atoms with Gasteiger partial charge in [0, 0.05) is 12.2 Å².